The van der Waals surface area contributed by atoms with Crippen LogP contribution >= 0.6 is 0 Å². The van der Waals surface area contributed by atoms with Crippen LogP contribution in [0.1, 0.15) is 56.8 Å². The van der Waals surface area contributed by atoms with Crippen molar-refractivity contribution in [1.82, 2.24) is 0 Å². The maximum atomic E-state index is 12.7. The van der Waals surface area contributed by atoms with E-state index < -0.39 is 5.60 Å². The topological polar surface area (TPSA) is 89.1 Å². The summed E-state index contributed by atoms with van der Waals surface area (Å²) in [5.41, 5.74) is 0.0315. The van der Waals surface area contributed by atoms with E-state index in [4.69, 9.17) is 13.9 Å². The first kappa shape index (κ1) is 17.4. The number of benzene rings is 1. The lowest BCUT2D eigenvalue weighted by Gasteiger charge is -2.37. The molecule has 1 aromatic carbocycles. The van der Waals surface area contributed by atoms with Gasteiger partial charge in [0.2, 0.25) is 0 Å². The van der Waals surface area contributed by atoms with Gasteiger partial charge in [0.15, 0.2) is 5.43 Å². The Labute approximate surface area is 151 Å². The standard InChI is InChI=1S/C20H24O6/c1-3-7-24-18-16-12-5-4-6-20(2,23)19(12)26-14(16)9-15-17(18)13(22)8-11(10-21)25-15/h8-9,12,19,21,23H,3-7,10H2,1-2H3/t12-,19-,20+/m0/s1. The highest BCUT2D eigenvalue weighted by molar-refractivity contribution is 5.88. The predicted octanol–water partition coefficient (Wildman–Crippen LogP) is 2.85. The minimum absolute atomic E-state index is 0.0121. The largest absolute Gasteiger partial charge is 0.492 e. The minimum Gasteiger partial charge on any atom is -0.492 e. The fourth-order valence-electron chi connectivity index (χ4n) is 4.26. The van der Waals surface area contributed by atoms with Crippen LogP contribution < -0.4 is 14.9 Å². The van der Waals surface area contributed by atoms with Crippen LogP contribution in [0.15, 0.2) is 21.3 Å². The molecule has 0 saturated heterocycles. The summed E-state index contributed by atoms with van der Waals surface area (Å²) in [6.45, 7) is 3.92. The normalized spacial score (nSPS) is 27.1. The molecule has 6 nitrogen and oxygen atoms in total. The van der Waals surface area contributed by atoms with Crippen LogP contribution in [0.2, 0.25) is 0 Å². The average Bonchev–Trinajstić information content (AvgIpc) is 2.98. The molecule has 3 atom stereocenters. The van der Waals surface area contributed by atoms with Gasteiger partial charge in [-0.1, -0.05) is 6.92 Å². The van der Waals surface area contributed by atoms with Gasteiger partial charge in [-0.3, -0.25) is 4.79 Å². The van der Waals surface area contributed by atoms with E-state index in [1.165, 1.54) is 6.07 Å². The summed E-state index contributed by atoms with van der Waals surface area (Å²) in [5, 5.41) is 20.5. The summed E-state index contributed by atoms with van der Waals surface area (Å²) in [6, 6.07) is 3.00. The molecule has 0 amide bonds. The van der Waals surface area contributed by atoms with Crippen LogP contribution in [-0.4, -0.2) is 28.5 Å². The molecule has 1 saturated carbocycles. The Kier molecular flexibility index (Phi) is 4.20. The molecule has 26 heavy (non-hydrogen) atoms. The van der Waals surface area contributed by atoms with Crippen LogP contribution in [0, 0.1) is 0 Å². The van der Waals surface area contributed by atoms with Crippen LogP contribution in [0.3, 0.4) is 0 Å². The number of ether oxygens (including phenoxy) is 2. The van der Waals surface area contributed by atoms with E-state index in [9.17, 15) is 15.0 Å². The Bertz CT molecular complexity index is 897. The Morgan fingerprint density at radius 1 is 1.38 bits per heavy atom. The molecule has 1 aromatic heterocycles. The molecule has 2 N–H and O–H groups in total. The smallest absolute Gasteiger partial charge is 0.196 e. The number of rotatable bonds is 4. The van der Waals surface area contributed by atoms with Gasteiger partial charge in [-0.15, -0.1) is 0 Å². The molecule has 2 heterocycles. The molecule has 0 unspecified atom stereocenters. The fraction of sp³-hybridized carbons (Fsp3) is 0.550. The number of aliphatic hydroxyl groups excluding tert-OH is 1. The van der Waals surface area contributed by atoms with Gasteiger partial charge in [0.25, 0.3) is 0 Å². The summed E-state index contributed by atoms with van der Waals surface area (Å²) in [4.78, 5) is 12.7. The number of fused-ring (bicyclic) bond motifs is 4. The second-order valence-electron chi connectivity index (χ2n) is 7.47. The van der Waals surface area contributed by atoms with Crippen molar-refractivity contribution in [2.45, 2.75) is 63.8 Å². The van der Waals surface area contributed by atoms with Gasteiger partial charge >= 0.3 is 0 Å². The van der Waals surface area contributed by atoms with Crippen LogP contribution in [0.5, 0.6) is 11.5 Å². The summed E-state index contributed by atoms with van der Waals surface area (Å²) in [6.07, 6.45) is 2.89. The molecule has 1 aliphatic carbocycles. The third kappa shape index (κ3) is 2.59. The zero-order chi connectivity index (χ0) is 18.5. The highest BCUT2D eigenvalue weighted by atomic mass is 16.5. The second kappa shape index (κ2) is 6.28. The molecule has 6 heteroatoms. The molecule has 2 aliphatic rings. The molecule has 0 bridgehead atoms. The van der Waals surface area contributed by atoms with Gasteiger partial charge in [-0.25, -0.2) is 0 Å². The maximum Gasteiger partial charge on any atom is 0.196 e. The van der Waals surface area contributed by atoms with Crippen molar-refractivity contribution in [3.05, 3.63) is 33.7 Å². The van der Waals surface area contributed by atoms with Gasteiger partial charge in [-0.05, 0) is 32.6 Å². The van der Waals surface area contributed by atoms with Gasteiger partial charge in [0, 0.05) is 23.6 Å². The monoisotopic (exact) mass is 360 g/mol. The lowest BCUT2D eigenvalue weighted by atomic mass is 9.74. The molecule has 140 valence electrons. The zero-order valence-electron chi connectivity index (χ0n) is 15.1. The third-order valence-corrected chi connectivity index (χ3v) is 5.43. The van der Waals surface area contributed by atoms with Crippen LogP contribution in [-0.2, 0) is 6.61 Å². The molecule has 0 radical (unpaired) electrons. The highest BCUT2D eigenvalue weighted by Gasteiger charge is 2.50. The number of hydrogen-bond donors (Lipinski definition) is 2. The lowest BCUT2D eigenvalue weighted by Crippen LogP contribution is -2.47. The Morgan fingerprint density at radius 2 is 2.19 bits per heavy atom. The summed E-state index contributed by atoms with van der Waals surface area (Å²) in [5.74, 6) is 1.29. The fourth-order valence-corrected chi connectivity index (χ4v) is 4.26. The van der Waals surface area contributed by atoms with Crippen molar-refractivity contribution < 1.29 is 24.1 Å². The first-order valence-corrected chi connectivity index (χ1v) is 9.22. The van der Waals surface area contributed by atoms with Gasteiger partial charge in [-0.2, -0.15) is 0 Å². The van der Waals surface area contributed by atoms with E-state index in [0.29, 0.717) is 35.5 Å². The molecular weight excluding hydrogens is 336 g/mol. The molecule has 0 spiro atoms. The van der Waals surface area contributed by atoms with Gasteiger partial charge < -0.3 is 24.1 Å². The molecule has 1 aliphatic heterocycles. The van der Waals surface area contributed by atoms with E-state index in [-0.39, 0.29) is 29.8 Å². The van der Waals surface area contributed by atoms with E-state index in [1.54, 1.807) is 13.0 Å². The van der Waals surface area contributed by atoms with E-state index in [2.05, 4.69) is 0 Å². The SMILES string of the molecule is CCCOc1c2c(cc3oc(CO)cc(=O)c13)O[C@H]1[C@H]2CCC[C@@]1(C)O. The average molecular weight is 360 g/mol. The Morgan fingerprint density at radius 3 is 2.92 bits per heavy atom. The number of hydrogen-bond acceptors (Lipinski definition) is 6. The Hall–Kier alpha value is -2.05. The van der Waals surface area contributed by atoms with Crippen molar-refractivity contribution in [3.63, 3.8) is 0 Å². The van der Waals surface area contributed by atoms with Crippen molar-refractivity contribution in [3.8, 4) is 11.5 Å². The number of aliphatic hydroxyl groups is 2. The van der Waals surface area contributed by atoms with Gasteiger partial charge in [0.05, 0.1) is 12.2 Å². The van der Waals surface area contributed by atoms with Gasteiger partial charge in [0.1, 0.15) is 40.9 Å². The molecular formula is C20H24O6. The molecule has 2 aromatic rings. The van der Waals surface area contributed by atoms with Crippen molar-refractivity contribution in [2.24, 2.45) is 0 Å². The van der Waals surface area contributed by atoms with Crippen molar-refractivity contribution in [1.29, 1.82) is 0 Å². The van der Waals surface area contributed by atoms with Crippen LogP contribution in [0.4, 0.5) is 0 Å². The zero-order valence-corrected chi connectivity index (χ0v) is 15.1. The van der Waals surface area contributed by atoms with Crippen molar-refractivity contribution in [2.75, 3.05) is 6.61 Å². The predicted molar refractivity (Wildman–Crippen MR) is 95.8 cm³/mol. The highest BCUT2D eigenvalue weighted by Crippen LogP contribution is 2.54. The minimum atomic E-state index is -0.927. The summed E-state index contributed by atoms with van der Waals surface area (Å²) in [7, 11) is 0. The second-order valence-corrected chi connectivity index (χ2v) is 7.47. The van der Waals surface area contributed by atoms with E-state index >= 15 is 0 Å². The quantitative estimate of drug-likeness (QED) is 0.871. The molecule has 4 rings (SSSR count). The summed E-state index contributed by atoms with van der Waals surface area (Å²) < 4.78 is 17.8. The third-order valence-electron chi connectivity index (χ3n) is 5.43. The lowest BCUT2D eigenvalue weighted by molar-refractivity contribution is -0.0725. The van der Waals surface area contributed by atoms with E-state index in [1.807, 2.05) is 6.92 Å². The Balaban J connectivity index is 1.96. The van der Waals surface area contributed by atoms with Crippen molar-refractivity contribution >= 4 is 11.0 Å². The maximum absolute atomic E-state index is 12.7. The van der Waals surface area contributed by atoms with Crippen LogP contribution in [0.25, 0.3) is 11.0 Å². The summed E-state index contributed by atoms with van der Waals surface area (Å²) >= 11 is 0. The first-order chi connectivity index (χ1) is 12.5. The molecule has 1 fully saturated rings. The first-order valence-electron chi connectivity index (χ1n) is 9.22. The van der Waals surface area contributed by atoms with E-state index in [0.717, 1.165) is 24.8 Å².